The van der Waals surface area contributed by atoms with E-state index in [1.165, 1.54) is 0 Å². The van der Waals surface area contributed by atoms with Crippen LogP contribution in [0.3, 0.4) is 0 Å². The Hall–Kier alpha value is -1.18. The lowest BCUT2D eigenvalue weighted by Crippen LogP contribution is -2.28. The number of hydrogen-bond donors (Lipinski definition) is 2. The molecule has 0 aliphatic heterocycles. The van der Waals surface area contributed by atoms with Crippen LogP contribution in [0.15, 0.2) is 17.0 Å². The topological polar surface area (TPSA) is 83.5 Å². The second-order valence-corrected chi connectivity index (χ2v) is 6.63. The molecule has 0 bridgehead atoms. The number of benzene rings is 1. The first-order chi connectivity index (χ1) is 8.72. The SMILES string of the molecule is CC1CC1NS(=O)(=O)c1cc(Cl)cc(C(=O)O)c1F. The van der Waals surface area contributed by atoms with Gasteiger partial charge in [-0.2, -0.15) is 0 Å². The van der Waals surface area contributed by atoms with Gasteiger partial charge in [-0.25, -0.2) is 22.3 Å². The number of carboxylic acids is 1. The van der Waals surface area contributed by atoms with Crippen molar-refractivity contribution < 1.29 is 22.7 Å². The van der Waals surface area contributed by atoms with Gasteiger partial charge in [-0.1, -0.05) is 18.5 Å². The molecule has 2 atom stereocenters. The highest BCUT2D eigenvalue weighted by Crippen LogP contribution is 2.32. The van der Waals surface area contributed by atoms with Crippen LogP contribution in [0.25, 0.3) is 0 Å². The summed E-state index contributed by atoms with van der Waals surface area (Å²) < 4.78 is 40.2. The zero-order valence-electron chi connectivity index (χ0n) is 9.85. The second-order valence-electron chi connectivity index (χ2n) is 4.51. The molecule has 2 N–H and O–H groups in total. The molecular formula is C11H11ClFNO4S. The standard InChI is InChI=1S/C11H11ClFNO4S/c1-5-2-8(5)14-19(17,18)9-4-6(12)3-7(10(9)13)11(15)16/h3-5,8,14H,2H2,1H3,(H,15,16). The van der Waals surface area contributed by atoms with Crippen molar-refractivity contribution in [2.75, 3.05) is 0 Å². The van der Waals surface area contributed by atoms with Crippen molar-refractivity contribution in [1.82, 2.24) is 4.72 Å². The molecule has 0 radical (unpaired) electrons. The van der Waals surface area contributed by atoms with Crippen molar-refractivity contribution in [1.29, 1.82) is 0 Å². The van der Waals surface area contributed by atoms with Crippen molar-refractivity contribution >= 4 is 27.6 Å². The van der Waals surface area contributed by atoms with E-state index >= 15 is 0 Å². The number of aromatic carboxylic acids is 1. The number of nitrogens with one attached hydrogen (secondary N) is 1. The molecule has 1 aliphatic rings. The molecule has 104 valence electrons. The van der Waals surface area contributed by atoms with Gasteiger partial charge in [-0.15, -0.1) is 0 Å². The molecule has 1 aromatic rings. The van der Waals surface area contributed by atoms with Crippen LogP contribution < -0.4 is 4.72 Å². The van der Waals surface area contributed by atoms with E-state index in [1.54, 1.807) is 0 Å². The number of halogens is 2. The van der Waals surface area contributed by atoms with E-state index in [4.69, 9.17) is 16.7 Å². The molecule has 0 aromatic heterocycles. The van der Waals surface area contributed by atoms with Gasteiger partial charge >= 0.3 is 5.97 Å². The molecule has 5 nitrogen and oxygen atoms in total. The minimum absolute atomic E-state index is 0.150. The zero-order chi connectivity index (χ0) is 14.4. The number of rotatable bonds is 4. The van der Waals surface area contributed by atoms with Crippen LogP contribution in [0, 0.1) is 11.7 Å². The van der Waals surface area contributed by atoms with Gasteiger partial charge in [0.2, 0.25) is 10.0 Å². The summed E-state index contributed by atoms with van der Waals surface area (Å²) in [6.07, 6.45) is 0.674. The molecule has 19 heavy (non-hydrogen) atoms. The third-order valence-corrected chi connectivity index (χ3v) is 4.65. The van der Waals surface area contributed by atoms with Gasteiger partial charge in [0.05, 0.1) is 5.56 Å². The molecular weight excluding hydrogens is 297 g/mol. The maximum absolute atomic E-state index is 13.9. The fraction of sp³-hybridized carbons (Fsp3) is 0.364. The summed E-state index contributed by atoms with van der Waals surface area (Å²) in [5.74, 6) is -2.69. The molecule has 0 heterocycles. The van der Waals surface area contributed by atoms with Crippen LogP contribution in [0.4, 0.5) is 4.39 Å². The maximum atomic E-state index is 13.9. The molecule has 1 aromatic carbocycles. The van der Waals surface area contributed by atoms with E-state index in [-0.39, 0.29) is 17.0 Å². The lowest BCUT2D eigenvalue weighted by Gasteiger charge is -2.09. The largest absolute Gasteiger partial charge is 0.478 e. The highest BCUT2D eigenvalue weighted by Gasteiger charge is 2.37. The molecule has 2 unspecified atom stereocenters. The Labute approximate surface area is 114 Å². The highest BCUT2D eigenvalue weighted by molar-refractivity contribution is 7.89. The fourth-order valence-electron chi connectivity index (χ4n) is 1.66. The average molecular weight is 308 g/mol. The van der Waals surface area contributed by atoms with E-state index in [0.717, 1.165) is 12.1 Å². The van der Waals surface area contributed by atoms with Gasteiger partial charge in [-0.05, 0) is 24.5 Å². The molecule has 1 saturated carbocycles. The summed E-state index contributed by atoms with van der Waals surface area (Å²) in [7, 11) is -4.11. The van der Waals surface area contributed by atoms with Gasteiger partial charge in [-0.3, -0.25) is 0 Å². The first-order valence-electron chi connectivity index (χ1n) is 5.47. The Morgan fingerprint density at radius 1 is 1.53 bits per heavy atom. The summed E-state index contributed by atoms with van der Waals surface area (Å²) in [6.45, 7) is 1.85. The Balaban J connectivity index is 2.46. The van der Waals surface area contributed by atoms with Crippen LogP contribution in [-0.2, 0) is 10.0 Å². The van der Waals surface area contributed by atoms with Gasteiger partial charge in [0.25, 0.3) is 0 Å². The normalized spacial score (nSPS) is 22.3. The minimum Gasteiger partial charge on any atom is -0.478 e. The Morgan fingerprint density at radius 2 is 2.11 bits per heavy atom. The van der Waals surface area contributed by atoms with Crippen LogP contribution in [0.1, 0.15) is 23.7 Å². The number of sulfonamides is 1. The van der Waals surface area contributed by atoms with Crippen molar-refractivity contribution in [3.05, 3.63) is 28.5 Å². The summed E-state index contributed by atoms with van der Waals surface area (Å²) in [5.41, 5.74) is -0.767. The molecule has 2 rings (SSSR count). The Kier molecular flexibility index (Phi) is 3.55. The number of carbonyl (C=O) groups is 1. The van der Waals surface area contributed by atoms with E-state index < -0.39 is 32.3 Å². The third-order valence-electron chi connectivity index (χ3n) is 2.94. The van der Waals surface area contributed by atoms with Crippen LogP contribution in [-0.4, -0.2) is 25.5 Å². The molecule has 0 saturated heterocycles. The molecule has 1 fully saturated rings. The Morgan fingerprint density at radius 3 is 2.58 bits per heavy atom. The number of hydrogen-bond acceptors (Lipinski definition) is 3. The maximum Gasteiger partial charge on any atom is 0.338 e. The quantitative estimate of drug-likeness (QED) is 0.889. The van der Waals surface area contributed by atoms with E-state index in [9.17, 15) is 17.6 Å². The highest BCUT2D eigenvalue weighted by atomic mass is 35.5. The first-order valence-corrected chi connectivity index (χ1v) is 7.33. The summed E-state index contributed by atoms with van der Waals surface area (Å²) >= 11 is 5.63. The first kappa shape index (κ1) is 14.2. The smallest absolute Gasteiger partial charge is 0.338 e. The monoisotopic (exact) mass is 307 g/mol. The van der Waals surface area contributed by atoms with Crippen molar-refractivity contribution in [2.45, 2.75) is 24.3 Å². The average Bonchev–Trinajstić information content (AvgIpc) is 2.95. The summed E-state index contributed by atoms with van der Waals surface area (Å²) in [5, 5.41) is 8.65. The van der Waals surface area contributed by atoms with E-state index in [2.05, 4.69) is 4.72 Å². The zero-order valence-corrected chi connectivity index (χ0v) is 11.4. The third kappa shape index (κ3) is 2.88. The molecule has 0 spiro atoms. The van der Waals surface area contributed by atoms with Gasteiger partial charge < -0.3 is 5.11 Å². The van der Waals surface area contributed by atoms with Crippen molar-refractivity contribution in [3.63, 3.8) is 0 Å². The molecule has 8 heteroatoms. The van der Waals surface area contributed by atoms with Gasteiger partial charge in [0.1, 0.15) is 4.90 Å². The van der Waals surface area contributed by atoms with Crippen LogP contribution in [0.2, 0.25) is 5.02 Å². The molecule has 1 aliphatic carbocycles. The predicted molar refractivity (Wildman–Crippen MR) is 66.3 cm³/mol. The Bertz CT molecular complexity index is 646. The summed E-state index contributed by atoms with van der Waals surface area (Å²) in [4.78, 5) is 10.1. The van der Waals surface area contributed by atoms with Gasteiger partial charge in [0, 0.05) is 11.1 Å². The second kappa shape index (κ2) is 4.73. The fourth-order valence-corrected chi connectivity index (χ4v) is 3.43. The van der Waals surface area contributed by atoms with Crippen molar-refractivity contribution in [3.8, 4) is 0 Å². The van der Waals surface area contributed by atoms with Crippen molar-refractivity contribution in [2.24, 2.45) is 5.92 Å². The predicted octanol–water partition coefficient (Wildman–Crippen LogP) is 1.86. The van der Waals surface area contributed by atoms with Gasteiger partial charge in [0.15, 0.2) is 5.82 Å². The van der Waals surface area contributed by atoms with E-state index in [0.29, 0.717) is 6.42 Å². The number of carboxylic acid groups (broad SMARTS) is 1. The lowest BCUT2D eigenvalue weighted by atomic mass is 10.2. The van der Waals surface area contributed by atoms with Crippen LogP contribution >= 0.6 is 11.6 Å². The van der Waals surface area contributed by atoms with E-state index in [1.807, 2.05) is 6.92 Å². The lowest BCUT2D eigenvalue weighted by molar-refractivity contribution is 0.0691. The van der Waals surface area contributed by atoms with Crippen LogP contribution in [0.5, 0.6) is 0 Å². The minimum atomic E-state index is -4.11. The molecule has 0 amide bonds. The summed E-state index contributed by atoms with van der Waals surface area (Å²) in [6, 6.07) is 1.54.